The molecule has 0 aromatic heterocycles. The van der Waals surface area contributed by atoms with Gasteiger partial charge in [0.05, 0.1) is 0 Å². The summed E-state index contributed by atoms with van der Waals surface area (Å²) >= 11 is 0. The average molecular weight is 223 g/mol. The van der Waals surface area contributed by atoms with Gasteiger partial charge < -0.3 is 10.8 Å². The monoisotopic (exact) mass is 223 g/mol. The third kappa shape index (κ3) is 2.19. The zero-order valence-electron chi connectivity index (χ0n) is 9.32. The lowest BCUT2D eigenvalue weighted by atomic mass is 9.81. The molecule has 1 aromatic rings. The molecule has 0 spiro atoms. The maximum absolute atomic E-state index is 13.2. The lowest BCUT2D eigenvalue weighted by molar-refractivity contribution is 0.301. The Morgan fingerprint density at radius 1 is 1.25 bits per heavy atom. The number of benzene rings is 1. The van der Waals surface area contributed by atoms with E-state index in [9.17, 15) is 9.50 Å². The summed E-state index contributed by atoms with van der Waals surface area (Å²) in [5, 5.41) is 9.64. The van der Waals surface area contributed by atoms with Gasteiger partial charge >= 0.3 is 0 Å². The first-order chi connectivity index (χ1) is 7.70. The second-order valence-corrected chi connectivity index (χ2v) is 4.60. The van der Waals surface area contributed by atoms with Crippen LogP contribution in [0.2, 0.25) is 0 Å². The fourth-order valence-corrected chi connectivity index (χ4v) is 2.55. The van der Waals surface area contributed by atoms with E-state index in [1.807, 2.05) is 0 Å². The van der Waals surface area contributed by atoms with Crippen molar-refractivity contribution in [2.24, 2.45) is 11.7 Å². The van der Waals surface area contributed by atoms with Crippen molar-refractivity contribution in [3.05, 3.63) is 29.6 Å². The first kappa shape index (κ1) is 11.4. The summed E-state index contributed by atoms with van der Waals surface area (Å²) in [7, 11) is 0. The molecule has 2 nitrogen and oxygen atoms in total. The number of hydrogen-bond donors (Lipinski definition) is 2. The van der Waals surface area contributed by atoms with E-state index in [2.05, 4.69) is 0 Å². The van der Waals surface area contributed by atoms with Gasteiger partial charge in [-0.25, -0.2) is 4.39 Å². The van der Waals surface area contributed by atoms with Gasteiger partial charge in [0.2, 0.25) is 0 Å². The number of hydrogen-bond acceptors (Lipinski definition) is 2. The van der Waals surface area contributed by atoms with Gasteiger partial charge in [-0.3, -0.25) is 0 Å². The third-order valence-electron chi connectivity index (χ3n) is 3.53. The lowest BCUT2D eigenvalue weighted by Gasteiger charge is -2.28. The van der Waals surface area contributed by atoms with Crippen LogP contribution in [-0.4, -0.2) is 5.11 Å². The topological polar surface area (TPSA) is 46.2 Å². The van der Waals surface area contributed by atoms with Gasteiger partial charge in [0.1, 0.15) is 0 Å². The Labute approximate surface area is 95.3 Å². The van der Waals surface area contributed by atoms with Crippen molar-refractivity contribution in [3.8, 4) is 5.75 Å². The zero-order chi connectivity index (χ0) is 11.5. The van der Waals surface area contributed by atoms with Crippen LogP contribution in [0, 0.1) is 11.7 Å². The summed E-state index contributed by atoms with van der Waals surface area (Å²) in [6.45, 7) is 0. The van der Waals surface area contributed by atoms with E-state index in [4.69, 9.17) is 5.73 Å². The Morgan fingerprint density at radius 2 is 1.94 bits per heavy atom. The van der Waals surface area contributed by atoms with Crippen molar-refractivity contribution in [2.45, 2.75) is 38.1 Å². The highest BCUT2D eigenvalue weighted by atomic mass is 19.1. The molecule has 3 N–H and O–H groups in total. The number of phenolic OH excluding ortho intramolecular Hbond substituents is 1. The summed E-state index contributed by atoms with van der Waals surface area (Å²) in [6, 6.07) is 4.34. The molecule has 0 saturated heterocycles. The van der Waals surface area contributed by atoms with Crippen LogP contribution in [-0.2, 0) is 0 Å². The van der Waals surface area contributed by atoms with E-state index < -0.39 is 5.82 Å². The highest BCUT2D eigenvalue weighted by Crippen LogP contribution is 2.36. The maximum Gasteiger partial charge on any atom is 0.165 e. The van der Waals surface area contributed by atoms with Crippen molar-refractivity contribution >= 4 is 0 Å². The first-order valence-corrected chi connectivity index (χ1v) is 5.93. The Hall–Kier alpha value is -1.09. The van der Waals surface area contributed by atoms with Crippen LogP contribution in [0.3, 0.4) is 0 Å². The minimum atomic E-state index is -0.580. The van der Waals surface area contributed by atoms with Crippen molar-refractivity contribution in [1.82, 2.24) is 0 Å². The van der Waals surface area contributed by atoms with Crippen LogP contribution >= 0.6 is 0 Å². The lowest BCUT2D eigenvalue weighted by Crippen LogP contribution is -2.23. The summed E-state index contributed by atoms with van der Waals surface area (Å²) in [6.07, 6.45) is 5.80. The predicted molar refractivity (Wildman–Crippen MR) is 61.6 cm³/mol. The normalized spacial score (nSPS) is 19.6. The Kier molecular flexibility index (Phi) is 3.44. The van der Waals surface area contributed by atoms with Crippen molar-refractivity contribution < 1.29 is 9.50 Å². The van der Waals surface area contributed by atoms with Crippen molar-refractivity contribution in [3.63, 3.8) is 0 Å². The van der Waals surface area contributed by atoms with Crippen molar-refractivity contribution in [2.75, 3.05) is 0 Å². The van der Waals surface area contributed by atoms with Crippen LogP contribution < -0.4 is 5.73 Å². The Morgan fingerprint density at radius 3 is 2.62 bits per heavy atom. The molecular formula is C13H18FNO. The van der Waals surface area contributed by atoms with E-state index in [0.29, 0.717) is 11.5 Å². The van der Waals surface area contributed by atoms with Gasteiger partial charge in [0.25, 0.3) is 0 Å². The van der Waals surface area contributed by atoms with Crippen molar-refractivity contribution in [1.29, 1.82) is 0 Å². The molecule has 88 valence electrons. The number of phenols is 1. The van der Waals surface area contributed by atoms with E-state index in [0.717, 1.165) is 12.8 Å². The molecule has 0 aliphatic heterocycles. The smallest absolute Gasteiger partial charge is 0.165 e. The number of halogens is 1. The summed E-state index contributed by atoms with van der Waals surface area (Å²) in [5.74, 6) is -0.481. The van der Waals surface area contributed by atoms with E-state index in [1.165, 1.54) is 25.3 Å². The standard InChI is InChI=1S/C13H18FNO/c14-11-8-4-7-10(13(11)16)12(15)9-5-2-1-3-6-9/h4,7-9,12,16H,1-3,5-6,15H2/t12-/m1/s1. The molecule has 0 radical (unpaired) electrons. The molecule has 1 aromatic carbocycles. The Bertz CT molecular complexity index is 361. The molecule has 16 heavy (non-hydrogen) atoms. The van der Waals surface area contributed by atoms with Crippen LogP contribution in [0.5, 0.6) is 5.75 Å². The van der Waals surface area contributed by atoms with Gasteiger partial charge in [0, 0.05) is 11.6 Å². The largest absolute Gasteiger partial charge is 0.505 e. The van der Waals surface area contributed by atoms with Crippen LogP contribution in [0.25, 0.3) is 0 Å². The SMILES string of the molecule is N[C@@H](c1cccc(F)c1O)C1CCCCC1. The molecule has 1 aliphatic carbocycles. The molecule has 1 saturated carbocycles. The fraction of sp³-hybridized carbons (Fsp3) is 0.538. The minimum Gasteiger partial charge on any atom is -0.505 e. The van der Waals surface area contributed by atoms with Gasteiger partial charge in [-0.05, 0) is 24.8 Å². The van der Waals surface area contributed by atoms with Crippen LogP contribution in [0.4, 0.5) is 4.39 Å². The third-order valence-corrected chi connectivity index (χ3v) is 3.53. The van der Waals surface area contributed by atoms with E-state index in [-0.39, 0.29) is 11.8 Å². The number of nitrogens with two attached hydrogens (primary N) is 1. The first-order valence-electron chi connectivity index (χ1n) is 5.93. The summed E-state index contributed by atoms with van der Waals surface area (Å²) in [5.41, 5.74) is 6.66. The van der Waals surface area contributed by atoms with Gasteiger partial charge in [0.15, 0.2) is 11.6 Å². The van der Waals surface area contributed by atoms with Crippen LogP contribution in [0.15, 0.2) is 18.2 Å². The highest BCUT2D eigenvalue weighted by molar-refractivity contribution is 5.36. The molecule has 3 heteroatoms. The fourth-order valence-electron chi connectivity index (χ4n) is 2.55. The molecule has 0 bridgehead atoms. The Balaban J connectivity index is 2.19. The van der Waals surface area contributed by atoms with Crippen LogP contribution in [0.1, 0.15) is 43.7 Å². The molecule has 1 atom stereocenters. The predicted octanol–water partition coefficient (Wildman–Crippen LogP) is 3.11. The highest BCUT2D eigenvalue weighted by Gasteiger charge is 2.24. The molecule has 1 aliphatic rings. The molecule has 1 fully saturated rings. The molecular weight excluding hydrogens is 205 g/mol. The minimum absolute atomic E-state index is 0.240. The molecule has 0 unspecified atom stereocenters. The zero-order valence-corrected chi connectivity index (χ0v) is 9.32. The van der Waals surface area contributed by atoms with Gasteiger partial charge in [-0.1, -0.05) is 31.4 Å². The average Bonchev–Trinajstić information content (AvgIpc) is 2.33. The number of para-hydroxylation sites is 1. The molecule has 0 amide bonds. The maximum atomic E-state index is 13.2. The van der Waals surface area contributed by atoms with Gasteiger partial charge in [-0.2, -0.15) is 0 Å². The molecule has 2 rings (SSSR count). The second kappa shape index (κ2) is 4.83. The number of rotatable bonds is 2. The summed E-state index contributed by atoms with van der Waals surface area (Å²) < 4.78 is 13.2. The molecule has 0 heterocycles. The van der Waals surface area contributed by atoms with E-state index >= 15 is 0 Å². The number of aromatic hydroxyl groups is 1. The second-order valence-electron chi connectivity index (χ2n) is 4.60. The van der Waals surface area contributed by atoms with E-state index in [1.54, 1.807) is 12.1 Å². The quantitative estimate of drug-likeness (QED) is 0.809. The van der Waals surface area contributed by atoms with Gasteiger partial charge in [-0.15, -0.1) is 0 Å². The summed E-state index contributed by atoms with van der Waals surface area (Å²) in [4.78, 5) is 0.